The minimum absolute atomic E-state index is 0.193. The van der Waals surface area contributed by atoms with Crippen LogP contribution in [0.15, 0.2) is 30.3 Å². The van der Waals surface area contributed by atoms with E-state index in [0.717, 1.165) is 11.3 Å². The summed E-state index contributed by atoms with van der Waals surface area (Å²) in [6.45, 7) is 4.37. The van der Waals surface area contributed by atoms with Crippen LogP contribution in [0.25, 0.3) is 0 Å². The third-order valence-corrected chi connectivity index (χ3v) is 3.07. The van der Waals surface area contributed by atoms with Crippen molar-refractivity contribution in [3.8, 4) is 0 Å². The average molecular weight is 279 g/mol. The smallest absolute Gasteiger partial charge is 0.354 e. The maximum Gasteiger partial charge on any atom is 0.354 e. The Morgan fingerprint density at radius 1 is 1.42 bits per heavy atom. The van der Waals surface area contributed by atoms with Crippen molar-refractivity contribution in [1.82, 2.24) is 9.78 Å². The zero-order valence-electron chi connectivity index (χ0n) is 10.8. The normalized spacial score (nSPS) is 10.9. The number of hydrogen-bond donors (Lipinski definition) is 1. The Morgan fingerprint density at radius 3 is 2.74 bits per heavy atom. The number of carboxylic acids is 1. The van der Waals surface area contributed by atoms with Crippen molar-refractivity contribution in [3.05, 3.63) is 52.3 Å². The predicted molar refractivity (Wildman–Crippen MR) is 73.8 cm³/mol. The number of aromatic carboxylic acids is 1. The first kappa shape index (κ1) is 13.6. The summed E-state index contributed by atoms with van der Waals surface area (Å²) < 4.78 is 1.50. The van der Waals surface area contributed by atoms with E-state index in [9.17, 15) is 9.90 Å². The molecule has 1 heterocycles. The number of nitrogens with zero attached hydrogens (tertiary/aromatic N) is 2. The quantitative estimate of drug-likeness (QED) is 0.932. The van der Waals surface area contributed by atoms with Crippen molar-refractivity contribution in [3.63, 3.8) is 0 Å². The summed E-state index contributed by atoms with van der Waals surface area (Å²) in [5, 5.41) is 14.2. The molecule has 0 unspecified atom stereocenters. The van der Waals surface area contributed by atoms with Crippen LogP contribution < -0.4 is 0 Å². The van der Waals surface area contributed by atoms with Crippen LogP contribution in [0, 0.1) is 0 Å². The van der Waals surface area contributed by atoms with Gasteiger partial charge in [0.15, 0.2) is 0 Å². The number of halogens is 1. The van der Waals surface area contributed by atoms with Gasteiger partial charge in [-0.05, 0) is 29.7 Å². The number of carboxylic acid groups (broad SMARTS) is 1. The van der Waals surface area contributed by atoms with Crippen LogP contribution in [-0.2, 0) is 6.54 Å². The fourth-order valence-electron chi connectivity index (χ4n) is 1.82. The monoisotopic (exact) mass is 278 g/mol. The highest BCUT2D eigenvalue weighted by atomic mass is 35.5. The van der Waals surface area contributed by atoms with Crippen LogP contribution >= 0.6 is 11.6 Å². The third-order valence-electron chi connectivity index (χ3n) is 2.83. The lowest BCUT2D eigenvalue weighted by Gasteiger charge is -2.05. The van der Waals surface area contributed by atoms with E-state index in [2.05, 4.69) is 5.10 Å². The molecule has 0 aliphatic heterocycles. The molecule has 0 aliphatic rings. The molecule has 2 rings (SSSR count). The number of aromatic nitrogens is 2. The van der Waals surface area contributed by atoms with E-state index in [1.165, 1.54) is 4.68 Å². The van der Waals surface area contributed by atoms with Crippen LogP contribution in [0.4, 0.5) is 0 Å². The van der Waals surface area contributed by atoms with Gasteiger partial charge in [-0.3, -0.25) is 4.68 Å². The zero-order chi connectivity index (χ0) is 14.0. The Morgan fingerprint density at radius 2 is 2.16 bits per heavy atom. The standard InChI is InChI=1S/C14H15ClN2O2/c1-9(2)12-7-13(14(18)19)17(16-12)8-10-4-3-5-11(15)6-10/h3-7,9H,8H2,1-2H3,(H,18,19). The molecule has 4 nitrogen and oxygen atoms in total. The molecule has 0 bridgehead atoms. The predicted octanol–water partition coefficient (Wildman–Crippen LogP) is 3.41. The van der Waals surface area contributed by atoms with E-state index in [1.807, 2.05) is 32.0 Å². The van der Waals surface area contributed by atoms with Gasteiger partial charge in [0, 0.05) is 5.02 Å². The summed E-state index contributed by atoms with van der Waals surface area (Å²) in [5.41, 5.74) is 1.90. The number of hydrogen-bond acceptors (Lipinski definition) is 2. The second-order valence-electron chi connectivity index (χ2n) is 4.70. The van der Waals surface area contributed by atoms with Gasteiger partial charge < -0.3 is 5.11 Å². The average Bonchev–Trinajstić information content (AvgIpc) is 2.73. The van der Waals surface area contributed by atoms with Gasteiger partial charge in [0.05, 0.1) is 12.2 Å². The second kappa shape index (κ2) is 5.45. The Balaban J connectivity index is 2.36. The number of carbonyl (C=O) groups is 1. The lowest BCUT2D eigenvalue weighted by atomic mass is 10.1. The number of benzene rings is 1. The molecule has 0 saturated carbocycles. The van der Waals surface area contributed by atoms with Crippen LogP contribution in [0.3, 0.4) is 0 Å². The van der Waals surface area contributed by atoms with Crippen molar-refractivity contribution in [2.75, 3.05) is 0 Å². The molecular formula is C14H15ClN2O2. The van der Waals surface area contributed by atoms with Gasteiger partial charge in [0.1, 0.15) is 5.69 Å². The highest BCUT2D eigenvalue weighted by Crippen LogP contribution is 2.17. The van der Waals surface area contributed by atoms with Crippen molar-refractivity contribution in [1.29, 1.82) is 0 Å². The van der Waals surface area contributed by atoms with E-state index in [4.69, 9.17) is 11.6 Å². The molecule has 0 amide bonds. The van der Waals surface area contributed by atoms with Crippen LogP contribution in [0.5, 0.6) is 0 Å². The van der Waals surface area contributed by atoms with Crippen LogP contribution in [0.2, 0.25) is 5.02 Å². The molecule has 5 heteroatoms. The molecule has 1 aromatic heterocycles. The van der Waals surface area contributed by atoms with Crippen LogP contribution in [-0.4, -0.2) is 20.9 Å². The Hall–Kier alpha value is -1.81. The molecule has 0 radical (unpaired) electrons. The minimum Gasteiger partial charge on any atom is -0.477 e. The van der Waals surface area contributed by atoms with Gasteiger partial charge in [-0.2, -0.15) is 5.10 Å². The van der Waals surface area contributed by atoms with Gasteiger partial charge in [0.2, 0.25) is 0 Å². The second-order valence-corrected chi connectivity index (χ2v) is 5.14. The molecule has 0 atom stereocenters. The van der Waals surface area contributed by atoms with Gasteiger partial charge in [-0.1, -0.05) is 37.6 Å². The zero-order valence-corrected chi connectivity index (χ0v) is 11.6. The summed E-state index contributed by atoms with van der Waals surface area (Å²) in [6.07, 6.45) is 0. The fourth-order valence-corrected chi connectivity index (χ4v) is 2.03. The Labute approximate surface area is 116 Å². The molecule has 0 saturated heterocycles. The van der Waals surface area contributed by atoms with E-state index >= 15 is 0 Å². The molecule has 0 aliphatic carbocycles. The minimum atomic E-state index is -0.971. The topological polar surface area (TPSA) is 55.1 Å². The lowest BCUT2D eigenvalue weighted by Crippen LogP contribution is -2.11. The SMILES string of the molecule is CC(C)c1cc(C(=O)O)n(Cc2cccc(Cl)c2)n1. The first-order valence-corrected chi connectivity index (χ1v) is 6.40. The molecule has 0 spiro atoms. The van der Waals surface area contributed by atoms with E-state index in [0.29, 0.717) is 11.6 Å². The summed E-state index contributed by atoms with van der Waals surface area (Å²) in [6, 6.07) is 8.95. The number of rotatable bonds is 4. The molecule has 2 aromatic rings. The first-order chi connectivity index (χ1) is 8.97. The summed E-state index contributed by atoms with van der Waals surface area (Å²) in [7, 11) is 0. The molecule has 1 aromatic carbocycles. The lowest BCUT2D eigenvalue weighted by molar-refractivity contribution is 0.0684. The van der Waals surface area contributed by atoms with Crippen molar-refractivity contribution < 1.29 is 9.90 Å². The highest BCUT2D eigenvalue weighted by Gasteiger charge is 2.16. The molecular weight excluding hydrogens is 264 g/mol. The Bertz CT molecular complexity index is 605. The maximum atomic E-state index is 11.2. The van der Waals surface area contributed by atoms with E-state index < -0.39 is 5.97 Å². The highest BCUT2D eigenvalue weighted by molar-refractivity contribution is 6.30. The first-order valence-electron chi connectivity index (χ1n) is 6.03. The van der Waals surface area contributed by atoms with E-state index in [1.54, 1.807) is 12.1 Å². The van der Waals surface area contributed by atoms with Gasteiger partial charge in [-0.15, -0.1) is 0 Å². The molecule has 0 fully saturated rings. The molecule has 100 valence electrons. The van der Waals surface area contributed by atoms with Crippen molar-refractivity contribution >= 4 is 17.6 Å². The summed E-state index contributed by atoms with van der Waals surface area (Å²) >= 11 is 5.92. The van der Waals surface area contributed by atoms with E-state index in [-0.39, 0.29) is 11.6 Å². The molecule has 19 heavy (non-hydrogen) atoms. The van der Waals surface area contributed by atoms with Crippen molar-refractivity contribution in [2.24, 2.45) is 0 Å². The fraction of sp³-hybridized carbons (Fsp3) is 0.286. The van der Waals surface area contributed by atoms with Gasteiger partial charge >= 0.3 is 5.97 Å². The van der Waals surface area contributed by atoms with Crippen molar-refractivity contribution in [2.45, 2.75) is 26.3 Å². The maximum absolute atomic E-state index is 11.2. The summed E-state index contributed by atoms with van der Waals surface area (Å²) in [4.78, 5) is 11.2. The summed E-state index contributed by atoms with van der Waals surface area (Å²) in [5.74, 6) is -0.778. The third kappa shape index (κ3) is 3.15. The molecule has 1 N–H and O–H groups in total. The Kier molecular flexibility index (Phi) is 3.90. The largest absolute Gasteiger partial charge is 0.477 e. The van der Waals surface area contributed by atoms with Crippen LogP contribution in [0.1, 0.15) is 41.5 Å². The van der Waals surface area contributed by atoms with Gasteiger partial charge in [0.25, 0.3) is 0 Å². The van der Waals surface area contributed by atoms with Gasteiger partial charge in [-0.25, -0.2) is 4.79 Å².